The van der Waals surface area contributed by atoms with Crippen LogP contribution in [0, 0.1) is 11.3 Å². The molecule has 0 unspecified atom stereocenters. The molecule has 0 amide bonds. The number of carbonyl (C=O) groups is 2. The third-order valence-electron chi connectivity index (χ3n) is 4.21. The first-order chi connectivity index (χ1) is 13.7. The lowest BCUT2D eigenvalue weighted by molar-refractivity contribution is -0.135. The Morgan fingerprint density at radius 1 is 1.00 bits per heavy atom. The second-order valence-corrected chi connectivity index (χ2v) is 7.29. The second kappa shape index (κ2) is 9.07. The summed E-state index contributed by atoms with van der Waals surface area (Å²) in [5, 5.41) is 9.06. The molecule has 6 nitrogen and oxygen atoms in total. The van der Waals surface area contributed by atoms with Crippen LogP contribution in [0.4, 0.5) is 0 Å². The van der Waals surface area contributed by atoms with Crippen molar-refractivity contribution in [2.75, 3.05) is 14.2 Å². The fraction of sp³-hybridized carbons (Fsp3) is 0.261. The average molecular weight is 393 g/mol. The van der Waals surface area contributed by atoms with Crippen molar-refractivity contribution in [3.8, 4) is 17.6 Å². The van der Waals surface area contributed by atoms with Gasteiger partial charge in [-0.25, -0.2) is 9.59 Å². The van der Waals surface area contributed by atoms with Crippen LogP contribution in [0.3, 0.4) is 0 Å². The predicted octanol–water partition coefficient (Wildman–Crippen LogP) is 4.29. The van der Waals surface area contributed by atoms with Crippen molar-refractivity contribution in [3.05, 3.63) is 64.7 Å². The van der Waals surface area contributed by atoms with Gasteiger partial charge >= 0.3 is 11.9 Å². The molecular weight excluding hydrogens is 370 g/mol. The smallest absolute Gasteiger partial charge is 0.348 e. The minimum Gasteiger partial charge on any atom is -0.493 e. The van der Waals surface area contributed by atoms with Crippen LogP contribution in [0.2, 0.25) is 0 Å². The molecule has 0 aliphatic carbocycles. The van der Waals surface area contributed by atoms with E-state index >= 15 is 0 Å². The fourth-order valence-electron chi connectivity index (χ4n) is 2.54. The van der Waals surface area contributed by atoms with Crippen molar-refractivity contribution in [1.82, 2.24) is 0 Å². The van der Waals surface area contributed by atoms with Gasteiger partial charge in [0.05, 0.1) is 19.8 Å². The molecule has 0 aliphatic heterocycles. The van der Waals surface area contributed by atoms with E-state index in [2.05, 4.69) is 25.5 Å². The summed E-state index contributed by atoms with van der Waals surface area (Å²) >= 11 is 0. The predicted molar refractivity (Wildman–Crippen MR) is 109 cm³/mol. The van der Waals surface area contributed by atoms with Gasteiger partial charge in [0.2, 0.25) is 0 Å². The quantitative estimate of drug-likeness (QED) is 0.326. The molecule has 0 saturated carbocycles. The van der Waals surface area contributed by atoms with E-state index in [1.54, 1.807) is 36.4 Å². The molecule has 0 saturated heterocycles. The summed E-state index contributed by atoms with van der Waals surface area (Å²) in [5.74, 6) is -0.730. The van der Waals surface area contributed by atoms with Crippen molar-refractivity contribution in [1.29, 1.82) is 5.26 Å². The normalized spacial score (nSPS) is 11.4. The van der Waals surface area contributed by atoms with Gasteiger partial charge in [0.15, 0.2) is 11.5 Å². The Morgan fingerprint density at radius 3 is 2.17 bits per heavy atom. The maximum Gasteiger partial charge on any atom is 0.348 e. The van der Waals surface area contributed by atoms with Crippen LogP contribution in [0.15, 0.2) is 48.0 Å². The summed E-state index contributed by atoms with van der Waals surface area (Å²) in [7, 11) is 2.63. The fourth-order valence-corrected chi connectivity index (χ4v) is 2.54. The summed E-state index contributed by atoms with van der Waals surface area (Å²) < 4.78 is 15.3. The van der Waals surface area contributed by atoms with Gasteiger partial charge in [-0.05, 0) is 46.9 Å². The van der Waals surface area contributed by atoms with Crippen molar-refractivity contribution < 1.29 is 23.8 Å². The highest BCUT2D eigenvalue weighted by molar-refractivity contribution is 5.98. The second-order valence-electron chi connectivity index (χ2n) is 7.29. The first-order valence-corrected chi connectivity index (χ1v) is 8.90. The molecule has 0 aromatic heterocycles. The molecule has 0 N–H and O–H groups in total. The van der Waals surface area contributed by atoms with E-state index in [4.69, 9.17) is 14.7 Å². The number of nitriles is 1. The summed E-state index contributed by atoms with van der Waals surface area (Å²) in [6.07, 6.45) is 1.37. The third-order valence-corrected chi connectivity index (χ3v) is 4.21. The number of nitrogens with zero attached hydrogens (tertiary/aromatic N) is 1. The van der Waals surface area contributed by atoms with Crippen molar-refractivity contribution >= 4 is 18.0 Å². The molecule has 0 heterocycles. The summed E-state index contributed by atoms with van der Waals surface area (Å²) in [6, 6.07) is 13.7. The van der Waals surface area contributed by atoms with Crippen LogP contribution >= 0.6 is 0 Å². The van der Waals surface area contributed by atoms with E-state index < -0.39 is 11.9 Å². The third kappa shape index (κ3) is 5.45. The van der Waals surface area contributed by atoms with E-state index in [-0.39, 0.29) is 16.7 Å². The molecule has 2 aromatic rings. The van der Waals surface area contributed by atoms with Gasteiger partial charge in [0.1, 0.15) is 11.6 Å². The SMILES string of the molecule is COC(=O)/C(C#N)=C\c1ccc(OC(=O)c2ccc(C(C)(C)C)cc2)c(OC)c1. The van der Waals surface area contributed by atoms with E-state index in [0.717, 1.165) is 5.56 Å². The highest BCUT2D eigenvalue weighted by atomic mass is 16.6. The highest BCUT2D eigenvalue weighted by Crippen LogP contribution is 2.30. The lowest BCUT2D eigenvalue weighted by Crippen LogP contribution is -2.13. The molecule has 2 aromatic carbocycles. The minimum atomic E-state index is -0.735. The van der Waals surface area contributed by atoms with E-state index in [1.165, 1.54) is 20.3 Å². The Bertz CT molecular complexity index is 976. The van der Waals surface area contributed by atoms with Crippen LogP contribution in [-0.2, 0) is 14.9 Å². The zero-order valence-corrected chi connectivity index (χ0v) is 17.1. The number of ether oxygens (including phenoxy) is 3. The highest BCUT2D eigenvalue weighted by Gasteiger charge is 2.17. The number of hydrogen-bond acceptors (Lipinski definition) is 6. The summed E-state index contributed by atoms with van der Waals surface area (Å²) in [5.41, 5.74) is 1.89. The molecule has 29 heavy (non-hydrogen) atoms. The van der Waals surface area contributed by atoms with Crippen molar-refractivity contribution in [2.24, 2.45) is 0 Å². The van der Waals surface area contributed by atoms with E-state index in [0.29, 0.717) is 16.9 Å². The number of hydrogen-bond donors (Lipinski definition) is 0. The summed E-state index contributed by atoms with van der Waals surface area (Å²) in [6.45, 7) is 6.29. The summed E-state index contributed by atoms with van der Waals surface area (Å²) in [4.78, 5) is 24.0. The molecule has 150 valence electrons. The molecule has 0 aliphatic rings. The first kappa shape index (κ1) is 21.7. The number of rotatable bonds is 5. The van der Waals surface area contributed by atoms with Crippen molar-refractivity contribution in [3.63, 3.8) is 0 Å². The lowest BCUT2D eigenvalue weighted by Gasteiger charge is -2.19. The van der Waals surface area contributed by atoms with Gasteiger partial charge in [-0.15, -0.1) is 0 Å². The minimum absolute atomic E-state index is 0.0124. The molecule has 0 spiro atoms. The van der Waals surface area contributed by atoms with Crippen LogP contribution in [-0.4, -0.2) is 26.2 Å². The van der Waals surface area contributed by atoms with Crippen LogP contribution in [0.1, 0.15) is 42.3 Å². The molecule has 0 bridgehead atoms. The Balaban J connectivity index is 2.25. The number of esters is 2. The van der Waals surface area contributed by atoms with Gasteiger partial charge < -0.3 is 14.2 Å². The zero-order valence-electron chi connectivity index (χ0n) is 17.1. The van der Waals surface area contributed by atoms with Crippen LogP contribution in [0.5, 0.6) is 11.5 Å². The van der Waals surface area contributed by atoms with Gasteiger partial charge in [-0.3, -0.25) is 0 Å². The monoisotopic (exact) mass is 393 g/mol. The van der Waals surface area contributed by atoms with Crippen LogP contribution < -0.4 is 9.47 Å². The van der Waals surface area contributed by atoms with Gasteiger partial charge in [0.25, 0.3) is 0 Å². The number of carbonyl (C=O) groups excluding carboxylic acids is 2. The number of methoxy groups -OCH3 is 2. The van der Waals surface area contributed by atoms with Gasteiger partial charge in [-0.1, -0.05) is 39.0 Å². The maximum atomic E-state index is 12.5. The topological polar surface area (TPSA) is 85.6 Å². The Morgan fingerprint density at radius 2 is 1.66 bits per heavy atom. The number of benzene rings is 2. The standard InChI is InChI=1S/C23H23NO5/c1-23(2,3)18-9-7-16(8-10-18)22(26)29-19-11-6-15(13-20(19)27-4)12-17(14-24)21(25)28-5/h6-13H,1-5H3/b17-12-. The van der Waals surface area contributed by atoms with Gasteiger partial charge in [-0.2, -0.15) is 5.26 Å². The molecule has 2 rings (SSSR count). The molecule has 0 radical (unpaired) electrons. The Labute approximate surface area is 170 Å². The zero-order chi connectivity index (χ0) is 21.6. The molecule has 0 atom stereocenters. The molecule has 0 fully saturated rings. The van der Waals surface area contributed by atoms with Crippen molar-refractivity contribution in [2.45, 2.75) is 26.2 Å². The average Bonchev–Trinajstić information content (AvgIpc) is 2.71. The lowest BCUT2D eigenvalue weighted by atomic mass is 9.87. The Hall–Kier alpha value is -3.59. The first-order valence-electron chi connectivity index (χ1n) is 8.90. The Kier molecular flexibility index (Phi) is 6.79. The molecule has 6 heteroatoms. The molecular formula is C23H23NO5. The maximum absolute atomic E-state index is 12.5. The van der Waals surface area contributed by atoms with E-state index in [9.17, 15) is 9.59 Å². The van der Waals surface area contributed by atoms with E-state index in [1.807, 2.05) is 12.1 Å². The van der Waals surface area contributed by atoms with Crippen LogP contribution in [0.25, 0.3) is 6.08 Å². The largest absolute Gasteiger partial charge is 0.493 e. The van der Waals surface area contributed by atoms with Gasteiger partial charge in [0, 0.05) is 0 Å².